The van der Waals surface area contributed by atoms with Crippen molar-refractivity contribution in [2.45, 2.75) is 25.4 Å². The molecular formula is C15H19F2N3O3. The van der Waals surface area contributed by atoms with E-state index in [9.17, 15) is 18.4 Å². The largest absolute Gasteiger partial charge is 0.465 e. The molecule has 1 heterocycles. The summed E-state index contributed by atoms with van der Waals surface area (Å²) in [5.41, 5.74) is 0.0278. The molecule has 2 rings (SSSR count). The zero-order chi connectivity index (χ0) is 17.3. The molecule has 1 saturated heterocycles. The molecular weight excluding hydrogens is 308 g/mol. The van der Waals surface area contributed by atoms with Gasteiger partial charge in [-0.1, -0.05) is 0 Å². The Morgan fingerprint density at radius 3 is 2.43 bits per heavy atom. The molecule has 1 fully saturated rings. The number of benzene rings is 1. The molecule has 2 amide bonds. The summed E-state index contributed by atoms with van der Waals surface area (Å²) >= 11 is 0. The molecule has 126 valence electrons. The number of carboxylic acid groups (broad SMARTS) is 1. The van der Waals surface area contributed by atoms with Crippen LogP contribution in [0.2, 0.25) is 0 Å². The third kappa shape index (κ3) is 3.42. The maximum absolute atomic E-state index is 14.4. The smallest absolute Gasteiger partial charge is 0.405 e. The van der Waals surface area contributed by atoms with Crippen LogP contribution in [0.5, 0.6) is 0 Å². The van der Waals surface area contributed by atoms with E-state index in [-0.39, 0.29) is 19.0 Å². The summed E-state index contributed by atoms with van der Waals surface area (Å²) in [7, 11) is 3.58. The Hall–Kier alpha value is -2.22. The lowest BCUT2D eigenvalue weighted by Crippen LogP contribution is -2.41. The van der Waals surface area contributed by atoms with Crippen molar-refractivity contribution < 1.29 is 23.5 Å². The van der Waals surface area contributed by atoms with Crippen LogP contribution in [-0.4, -0.2) is 48.7 Å². The van der Waals surface area contributed by atoms with Crippen molar-refractivity contribution in [2.75, 3.05) is 25.5 Å². The number of carbonyl (C=O) groups is 2. The van der Waals surface area contributed by atoms with Gasteiger partial charge < -0.3 is 20.2 Å². The summed E-state index contributed by atoms with van der Waals surface area (Å²) in [6, 6.07) is 1.23. The van der Waals surface area contributed by atoms with Crippen molar-refractivity contribution in [3.8, 4) is 0 Å². The lowest BCUT2D eigenvalue weighted by molar-refractivity contribution is -0.118. The predicted molar refractivity (Wildman–Crippen MR) is 80.4 cm³/mol. The first kappa shape index (κ1) is 17.1. The van der Waals surface area contributed by atoms with Crippen LogP contribution in [0, 0.1) is 11.6 Å². The molecule has 0 saturated carbocycles. The van der Waals surface area contributed by atoms with E-state index in [0.29, 0.717) is 5.56 Å². The SMILES string of the molecule is C[C@H](c1cc(F)c(N2CC[C@H](NC(=O)O)C2=O)c(F)c1)N(C)C. The highest BCUT2D eigenvalue weighted by molar-refractivity contribution is 6.01. The number of hydrogen-bond donors (Lipinski definition) is 2. The number of nitrogens with one attached hydrogen (secondary N) is 1. The van der Waals surface area contributed by atoms with Gasteiger partial charge in [0.25, 0.3) is 0 Å². The number of rotatable bonds is 4. The summed E-state index contributed by atoms with van der Waals surface area (Å²) < 4.78 is 28.7. The van der Waals surface area contributed by atoms with Crippen molar-refractivity contribution in [1.29, 1.82) is 0 Å². The molecule has 1 aliphatic heterocycles. The van der Waals surface area contributed by atoms with Gasteiger partial charge in [0.2, 0.25) is 5.91 Å². The minimum absolute atomic E-state index is 0.0558. The highest BCUT2D eigenvalue weighted by Gasteiger charge is 2.36. The lowest BCUT2D eigenvalue weighted by atomic mass is 10.1. The fourth-order valence-electron chi connectivity index (χ4n) is 2.57. The highest BCUT2D eigenvalue weighted by atomic mass is 19.1. The summed E-state index contributed by atoms with van der Waals surface area (Å²) in [6.45, 7) is 1.86. The average Bonchev–Trinajstić information content (AvgIpc) is 2.78. The van der Waals surface area contributed by atoms with Gasteiger partial charge >= 0.3 is 6.09 Å². The van der Waals surface area contributed by atoms with Gasteiger partial charge in [0.15, 0.2) is 0 Å². The first-order chi connectivity index (χ1) is 10.7. The number of nitrogens with zero attached hydrogens (tertiary/aromatic N) is 2. The van der Waals surface area contributed by atoms with E-state index in [2.05, 4.69) is 0 Å². The highest BCUT2D eigenvalue weighted by Crippen LogP contribution is 2.31. The summed E-state index contributed by atoms with van der Waals surface area (Å²) in [6.07, 6.45) is -1.18. The Kier molecular flexibility index (Phi) is 4.84. The second-order valence-corrected chi connectivity index (χ2v) is 5.75. The predicted octanol–water partition coefficient (Wildman–Crippen LogP) is 1.96. The Morgan fingerprint density at radius 2 is 1.96 bits per heavy atom. The van der Waals surface area contributed by atoms with Gasteiger partial charge in [-0.2, -0.15) is 0 Å². The van der Waals surface area contributed by atoms with Crippen molar-refractivity contribution in [2.24, 2.45) is 0 Å². The van der Waals surface area contributed by atoms with Crippen molar-refractivity contribution in [3.05, 3.63) is 29.3 Å². The van der Waals surface area contributed by atoms with Gasteiger partial charge in [0.05, 0.1) is 0 Å². The molecule has 1 aromatic rings. The number of halogens is 2. The first-order valence-electron chi connectivity index (χ1n) is 7.18. The summed E-state index contributed by atoms with van der Waals surface area (Å²) in [5, 5.41) is 10.7. The molecule has 0 bridgehead atoms. The van der Waals surface area contributed by atoms with E-state index < -0.39 is 35.4 Å². The van der Waals surface area contributed by atoms with Gasteiger partial charge in [0, 0.05) is 12.6 Å². The third-order valence-electron chi connectivity index (χ3n) is 4.07. The van der Waals surface area contributed by atoms with Crippen LogP contribution in [0.4, 0.5) is 19.3 Å². The second kappa shape index (κ2) is 6.49. The van der Waals surface area contributed by atoms with Gasteiger partial charge in [-0.05, 0) is 45.1 Å². The van der Waals surface area contributed by atoms with E-state index >= 15 is 0 Å². The van der Waals surface area contributed by atoms with Crippen LogP contribution in [0.15, 0.2) is 12.1 Å². The summed E-state index contributed by atoms with van der Waals surface area (Å²) in [5.74, 6) is -2.32. The minimum Gasteiger partial charge on any atom is -0.465 e. The molecule has 23 heavy (non-hydrogen) atoms. The maximum Gasteiger partial charge on any atom is 0.405 e. The maximum atomic E-state index is 14.4. The van der Waals surface area contributed by atoms with Crippen LogP contribution in [-0.2, 0) is 4.79 Å². The Balaban J connectivity index is 2.31. The molecule has 0 radical (unpaired) electrons. The Morgan fingerprint density at radius 1 is 1.39 bits per heavy atom. The Labute approximate surface area is 132 Å². The molecule has 2 atom stereocenters. The molecule has 0 spiro atoms. The Bertz CT molecular complexity index is 613. The van der Waals surface area contributed by atoms with Crippen LogP contribution in [0.25, 0.3) is 0 Å². The quantitative estimate of drug-likeness (QED) is 0.887. The molecule has 2 N–H and O–H groups in total. The number of amides is 2. The van der Waals surface area contributed by atoms with Gasteiger partial charge in [-0.3, -0.25) is 4.79 Å². The molecule has 1 aliphatic rings. The van der Waals surface area contributed by atoms with Crippen molar-refractivity contribution in [1.82, 2.24) is 10.2 Å². The first-order valence-corrected chi connectivity index (χ1v) is 7.18. The van der Waals surface area contributed by atoms with E-state index in [1.54, 1.807) is 14.1 Å². The van der Waals surface area contributed by atoms with Crippen LogP contribution in [0.1, 0.15) is 24.9 Å². The van der Waals surface area contributed by atoms with Crippen LogP contribution >= 0.6 is 0 Å². The molecule has 6 nitrogen and oxygen atoms in total. The van der Waals surface area contributed by atoms with E-state index in [4.69, 9.17) is 5.11 Å². The van der Waals surface area contributed by atoms with E-state index in [0.717, 1.165) is 4.90 Å². The standard InChI is InChI=1S/C15H19F2N3O3/c1-8(19(2)3)9-6-10(16)13(11(17)7-9)20-5-4-12(14(20)21)18-15(22)23/h6-8,12,18H,4-5H2,1-3H3,(H,22,23)/t8-,12+/m1/s1. The van der Waals surface area contributed by atoms with E-state index in [1.165, 1.54) is 12.1 Å². The van der Waals surface area contributed by atoms with Gasteiger partial charge in [-0.15, -0.1) is 0 Å². The lowest BCUT2D eigenvalue weighted by Gasteiger charge is -2.23. The normalized spacial score (nSPS) is 19.3. The fourth-order valence-corrected chi connectivity index (χ4v) is 2.57. The van der Waals surface area contributed by atoms with Gasteiger partial charge in [0.1, 0.15) is 23.4 Å². The molecule has 8 heteroatoms. The molecule has 0 aliphatic carbocycles. The molecule has 1 aromatic carbocycles. The topological polar surface area (TPSA) is 72.9 Å². The zero-order valence-electron chi connectivity index (χ0n) is 13.1. The fraction of sp³-hybridized carbons (Fsp3) is 0.467. The van der Waals surface area contributed by atoms with Crippen LogP contribution in [0.3, 0.4) is 0 Å². The zero-order valence-corrected chi connectivity index (χ0v) is 13.1. The second-order valence-electron chi connectivity index (χ2n) is 5.75. The van der Waals surface area contributed by atoms with Crippen molar-refractivity contribution in [3.63, 3.8) is 0 Å². The average molecular weight is 327 g/mol. The summed E-state index contributed by atoms with van der Waals surface area (Å²) in [4.78, 5) is 25.5. The number of carbonyl (C=O) groups excluding carboxylic acids is 1. The third-order valence-corrected chi connectivity index (χ3v) is 4.07. The van der Waals surface area contributed by atoms with E-state index in [1.807, 2.05) is 17.1 Å². The minimum atomic E-state index is -1.35. The van der Waals surface area contributed by atoms with Crippen LogP contribution < -0.4 is 10.2 Å². The molecule has 0 unspecified atom stereocenters. The number of anilines is 1. The monoisotopic (exact) mass is 327 g/mol. The molecule has 0 aromatic heterocycles. The number of hydrogen-bond acceptors (Lipinski definition) is 3. The van der Waals surface area contributed by atoms with Gasteiger partial charge in [-0.25, -0.2) is 13.6 Å². The van der Waals surface area contributed by atoms with Crippen molar-refractivity contribution >= 4 is 17.7 Å².